The van der Waals surface area contributed by atoms with Crippen molar-refractivity contribution in [3.8, 4) is 11.5 Å². The Bertz CT molecular complexity index is 433. The van der Waals surface area contributed by atoms with E-state index >= 15 is 0 Å². The van der Waals surface area contributed by atoms with Gasteiger partial charge in [0.25, 0.3) is 0 Å². The molecule has 0 spiro atoms. The fourth-order valence-electron chi connectivity index (χ4n) is 1.31. The van der Waals surface area contributed by atoms with E-state index in [1.54, 1.807) is 0 Å². The highest BCUT2D eigenvalue weighted by molar-refractivity contribution is 5.77. The van der Waals surface area contributed by atoms with E-state index in [0.29, 0.717) is 0 Å². The van der Waals surface area contributed by atoms with Crippen molar-refractivity contribution in [3.05, 3.63) is 23.8 Å². The predicted molar refractivity (Wildman–Crippen MR) is 58.5 cm³/mol. The average Bonchev–Trinajstić information content (AvgIpc) is 2.21. The van der Waals surface area contributed by atoms with Gasteiger partial charge in [-0.05, 0) is 24.6 Å². The van der Waals surface area contributed by atoms with Gasteiger partial charge in [0.15, 0.2) is 11.5 Å². The molecule has 2 atom stereocenters. The van der Waals surface area contributed by atoms with Crippen molar-refractivity contribution < 1.29 is 24.5 Å². The fourth-order valence-corrected chi connectivity index (χ4v) is 1.31. The molecular weight excluding hydrogens is 229 g/mol. The number of benzene rings is 1. The van der Waals surface area contributed by atoms with Crippen LogP contribution in [0.25, 0.3) is 0 Å². The zero-order chi connectivity index (χ0) is 13.2. The molecule has 1 unspecified atom stereocenters. The molecule has 0 saturated carbocycles. The van der Waals surface area contributed by atoms with Crippen molar-refractivity contribution in [3.63, 3.8) is 0 Å². The SMILES string of the molecule is C[C@](N)(CC(F)c1ccc(O)c(O)c1)C(=O)O. The quantitative estimate of drug-likeness (QED) is 0.597. The van der Waals surface area contributed by atoms with Gasteiger partial charge in [0.1, 0.15) is 11.7 Å². The summed E-state index contributed by atoms with van der Waals surface area (Å²) in [7, 11) is 0. The number of rotatable bonds is 4. The summed E-state index contributed by atoms with van der Waals surface area (Å²) in [6, 6.07) is 3.43. The molecule has 0 saturated heterocycles. The van der Waals surface area contributed by atoms with Crippen molar-refractivity contribution >= 4 is 5.97 Å². The molecule has 0 aliphatic carbocycles. The molecule has 0 aliphatic rings. The third-order valence-corrected chi connectivity index (χ3v) is 2.45. The molecule has 94 valence electrons. The van der Waals surface area contributed by atoms with Crippen LogP contribution in [0.1, 0.15) is 25.1 Å². The van der Waals surface area contributed by atoms with Crippen molar-refractivity contribution in [2.24, 2.45) is 5.73 Å². The van der Waals surface area contributed by atoms with Crippen molar-refractivity contribution in [1.29, 1.82) is 0 Å². The third kappa shape index (κ3) is 3.07. The number of carboxylic acids is 1. The van der Waals surface area contributed by atoms with Crippen LogP contribution in [-0.4, -0.2) is 26.8 Å². The zero-order valence-electron chi connectivity index (χ0n) is 9.22. The summed E-state index contributed by atoms with van der Waals surface area (Å²) in [4.78, 5) is 10.7. The lowest BCUT2D eigenvalue weighted by Crippen LogP contribution is -2.45. The van der Waals surface area contributed by atoms with E-state index in [0.717, 1.165) is 12.1 Å². The van der Waals surface area contributed by atoms with Gasteiger partial charge in [0.2, 0.25) is 0 Å². The van der Waals surface area contributed by atoms with E-state index in [9.17, 15) is 14.3 Å². The van der Waals surface area contributed by atoms with E-state index in [1.165, 1.54) is 13.0 Å². The van der Waals surface area contributed by atoms with E-state index in [4.69, 9.17) is 15.9 Å². The molecule has 0 aliphatic heterocycles. The van der Waals surface area contributed by atoms with Gasteiger partial charge in [-0.3, -0.25) is 4.79 Å². The molecule has 17 heavy (non-hydrogen) atoms. The number of phenols is 2. The number of hydrogen-bond acceptors (Lipinski definition) is 4. The van der Waals surface area contributed by atoms with Crippen LogP contribution in [0.3, 0.4) is 0 Å². The topological polar surface area (TPSA) is 104 Å². The average molecular weight is 243 g/mol. The molecule has 1 aromatic rings. The summed E-state index contributed by atoms with van der Waals surface area (Å²) in [5, 5.41) is 27.0. The predicted octanol–water partition coefficient (Wildman–Crippen LogP) is 1.30. The summed E-state index contributed by atoms with van der Waals surface area (Å²) >= 11 is 0. The second kappa shape index (κ2) is 4.58. The number of aromatic hydroxyl groups is 2. The first kappa shape index (κ1) is 13.2. The lowest BCUT2D eigenvalue weighted by Gasteiger charge is -2.21. The number of halogens is 1. The molecule has 0 aromatic heterocycles. The van der Waals surface area contributed by atoms with Crippen LogP contribution in [0, 0.1) is 0 Å². The van der Waals surface area contributed by atoms with Gasteiger partial charge in [-0.25, -0.2) is 4.39 Å². The van der Waals surface area contributed by atoms with Crippen LogP contribution >= 0.6 is 0 Å². The second-order valence-corrected chi connectivity index (χ2v) is 4.14. The molecule has 1 rings (SSSR count). The number of nitrogens with two attached hydrogens (primary N) is 1. The van der Waals surface area contributed by atoms with E-state index in [1.807, 2.05) is 0 Å². The first-order chi connectivity index (χ1) is 7.74. The van der Waals surface area contributed by atoms with Crippen LogP contribution < -0.4 is 5.73 Å². The van der Waals surface area contributed by atoms with E-state index < -0.39 is 29.9 Å². The molecule has 0 bridgehead atoms. The maximum atomic E-state index is 13.8. The van der Waals surface area contributed by atoms with Gasteiger partial charge >= 0.3 is 5.97 Å². The molecule has 0 heterocycles. The highest BCUT2D eigenvalue weighted by atomic mass is 19.1. The van der Waals surface area contributed by atoms with Gasteiger partial charge in [0.05, 0.1) is 0 Å². The Hall–Kier alpha value is -1.82. The van der Waals surface area contributed by atoms with Crippen LogP contribution in [0.5, 0.6) is 11.5 Å². The summed E-state index contributed by atoms with van der Waals surface area (Å²) in [5.41, 5.74) is 3.79. The van der Waals surface area contributed by atoms with E-state index in [-0.39, 0.29) is 11.3 Å². The smallest absolute Gasteiger partial charge is 0.323 e. The largest absolute Gasteiger partial charge is 0.504 e. The number of aliphatic carboxylic acids is 1. The third-order valence-electron chi connectivity index (χ3n) is 2.45. The molecule has 1 aromatic carbocycles. The molecular formula is C11H14FNO4. The van der Waals surface area contributed by atoms with Crippen LogP contribution in [0.4, 0.5) is 4.39 Å². The maximum absolute atomic E-state index is 13.8. The first-order valence-electron chi connectivity index (χ1n) is 4.92. The van der Waals surface area contributed by atoms with Crippen molar-refractivity contribution in [2.75, 3.05) is 0 Å². The first-order valence-corrected chi connectivity index (χ1v) is 4.92. The minimum atomic E-state index is -1.69. The van der Waals surface area contributed by atoms with Crippen LogP contribution in [0.2, 0.25) is 0 Å². The standard InChI is InChI=1S/C11H14FNO4/c1-11(13,10(16)17)5-7(12)6-2-3-8(14)9(15)4-6/h2-4,7,14-15H,5,13H2,1H3,(H,16,17)/t7?,11-/m0/s1. The molecule has 0 amide bonds. The number of carboxylic acid groups (broad SMARTS) is 1. The Balaban J connectivity index is 2.87. The second-order valence-electron chi connectivity index (χ2n) is 4.14. The monoisotopic (exact) mass is 243 g/mol. The van der Waals surface area contributed by atoms with Gasteiger partial charge in [-0.1, -0.05) is 6.07 Å². The Kier molecular flexibility index (Phi) is 3.57. The van der Waals surface area contributed by atoms with E-state index in [2.05, 4.69) is 0 Å². The lowest BCUT2D eigenvalue weighted by atomic mass is 9.93. The Morgan fingerprint density at radius 3 is 2.53 bits per heavy atom. The Morgan fingerprint density at radius 2 is 2.06 bits per heavy atom. The lowest BCUT2D eigenvalue weighted by molar-refractivity contribution is -0.143. The normalized spacial score (nSPS) is 16.2. The number of phenolic OH excluding ortho intramolecular Hbond substituents is 2. The Morgan fingerprint density at radius 1 is 1.47 bits per heavy atom. The van der Waals surface area contributed by atoms with Crippen LogP contribution in [-0.2, 0) is 4.79 Å². The molecule has 5 nitrogen and oxygen atoms in total. The number of alkyl halides is 1. The van der Waals surface area contributed by atoms with Gasteiger partial charge in [-0.15, -0.1) is 0 Å². The summed E-state index contributed by atoms with van der Waals surface area (Å²) in [6.07, 6.45) is -2.06. The highest BCUT2D eigenvalue weighted by Crippen LogP contribution is 2.32. The minimum Gasteiger partial charge on any atom is -0.504 e. The minimum absolute atomic E-state index is 0.0678. The van der Waals surface area contributed by atoms with Gasteiger partial charge in [0, 0.05) is 6.42 Å². The van der Waals surface area contributed by atoms with Gasteiger partial charge in [-0.2, -0.15) is 0 Å². The fraction of sp³-hybridized carbons (Fsp3) is 0.364. The molecule has 5 N–H and O–H groups in total. The summed E-state index contributed by atoms with van der Waals surface area (Å²) < 4.78 is 13.8. The highest BCUT2D eigenvalue weighted by Gasteiger charge is 2.32. The summed E-state index contributed by atoms with van der Waals surface area (Å²) in [5.74, 6) is -2.13. The van der Waals surface area contributed by atoms with Gasteiger partial charge < -0.3 is 21.1 Å². The Labute approximate surface area is 97.3 Å². The molecule has 0 radical (unpaired) electrons. The number of hydrogen-bond donors (Lipinski definition) is 4. The van der Waals surface area contributed by atoms with Crippen molar-refractivity contribution in [1.82, 2.24) is 0 Å². The molecule has 0 fully saturated rings. The van der Waals surface area contributed by atoms with Crippen LogP contribution in [0.15, 0.2) is 18.2 Å². The van der Waals surface area contributed by atoms with Crippen molar-refractivity contribution in [2.45, 2.75) is 25.1 Å². The maximum Gasteiger partial charge on any atom is 0.323 e. The zero-order valence-corrected chi connectivity index (χ0v) is 9.22. The number of carbonyl (C=O) groups is 1. The molecule has 6 heteroatoms. The summed E-state index contributed by atoms with van der Waals surface area (Å²) in [6.45, 7) is 1.21.